The van der Waals surface area contributed by atoms with Crippen LogP contribution in [0.4, 0.5) is 31.8 Å². The van der Waals surface area contributed by atoms with E-state index in [0.717, 1.165) is 16.7 Å². The molecule has 9 aliphatic heterocycles. The van der Waals surface area contributed by atoms with E-state index in [9.17, 15) is 43.2 Å². The lowest BCUT2D eigenvalue weighted by atomic mass is 10.1. The summed E-state index contributed by atoms with van der Waals surface area (Å²) in [5, 5.41) is 16.0. The molecule has 9 fully saturated rings. The number of aromatic nitrogens is 12. The highest BCUT2D eigenvalue weighted by molar-refractivity contribution is 5.98. The summed E-state index contributed by atoms with van der Waals surface area (Å²) in [7, 11) is 0. The second-order valence-corrected chi connectivity index (χ2v) is 30.4. The number of nitrogens with one attached hydrogen (secondary N) is 6. The Bertz CT molecular complexity index is 5290. The molecule has 127 heavy (non-hydrogen) atoms. The summed E-state index contributed by atoms with van der Waals surface area (Å²) >= 11 is 0. The molecular formula is C85H97N21O21. The van der Waals surface area contributed by atoms with Gasteiger partial charge in [-0.15, -0.1) is 0 Å². The summed E-state index contributed by atoms with van der Waals surface area (Å²) in [6.07, 6.45) is 6.91. The molecule has 9 aliphatic rings. The van der Waals surface area contributed by atoms with Gasteiger partial charge >= 0.3 is 36.0 Å². The maximum atomic E-state index is 13.9. The maximum Gasteiger partial charge on any atom is 0.328 e. The highest BCUT2D eigenvalue weighted by Crippen LogP contribution is 2.48. The molecule has 0 saturated carbocycles. The fourth-order valence-corrected chi connectivity index (χ4v) is 16.9. The van der Waals surface area contributed by atoms with E-state index in [2.05, 4.69) is 76.8 Å². The number of ether oxygens (including phenoxy) is 12. The number of imidazole rings is 3. The topological polar surface area (TPSA) is 477 Å². The highest BCUT2D eigenvalue weighted by Gasteiger charge is 2.61. The fourth-order valence-electron chi connectivity index (χ4n) is 16.9. The van der Waals surface area contributed by atoms with Crippen molar-refractivity contribution >= 4 is 117 Å². The molecule has 6 N–H and O–H groups in total. The molecule has 9 saturated heterocycles. The van der Waals surface area contributed by atoms with Crippen molar-refractivity contribution < 1.29 is 100.0 Å². The van der Waals surface area contributed by atoms with Gasteiger partial charge in [0, 0.05) is 44.8 Å². The number of esters is 3. The number of likely N-dealkylation sites (tertiary alicyclic amines) is 3. The van der Waals surface area contributed by atoms with Gasteiger partial charge in [0.1, 0.15) is 73.7 Å². The van der Waals surface area contributed by atoms with Gasteiger partial charge in [0.2, 0.25) is 0 Å². The quantitative estimate of drug-likeness (QED) is 0.0298. The van der Waals surface area contributed by atoms with Crippen LogP contribution in [0, 0.1) is 0 Å². The number of rotatable bonds is 23. The summed E-state index contributed by atoms with van der Waals surface area (Å²) < 4.78 is 77.5. The van der Waals surface area contributed by atoms with E-state index in [1.165, 1.54) is 52.7 Å². The molecule has 9 amide bonds. The minimum Gasteiger partial charge on any atom is -0.464 e. The van der Waals surface area contributed by atoms with Crippen LogP contribution in [0.1, 0.15) is 122 Å². The summed E-state index contributed by atoms with van der Waals surface area (Å²) in [6.45, 7) is 13.8. The first-order valence-electron chi connectivity index (χ1n) is 42.5. The number of urea groups is 3. The number of anilines is 3. The van der Waals surface area contributed by atoms with Gasteiger partial charge < -0.3 is 87.5 Å². The molecule has 668 valence electrons. The molecule has 9 aromatic rings. The van der Waals surface area contributed by atoms with Crippen LogP contribution in [0.2, 0.25) is 0 Å². The maximum absolute atomic E-state index is 13.9. The third-order valence-electron chi connectivity index (χ3n) is 22.5. The molecule has 12 unspecified atom stereocenters. The molecule has 42 nitrogen and oxygen atoms in total. The lowest BCUT2D eigenvalue weighted by Gasteiger charge is -2.27. The Morgan fingerprint density at radius 2 is 0.685 bits per heavy atom. The predicted molar refractivity (Wildman–Crippen MR) is 447 cm³/mol. The van der Waals surface area contributed by atoms with Gasteiger partial charge in [0.05, 0.1) is 38.8 Å². The molecule has 0 aliphatic carbocycles. The summed E-state index contributed by atoms with van der Waals surface area (Å²) in [6, 6.07) is 25.5. The summed E-state index contributed by atoms with van der Waals surface area (Å²) in [4.78, 5) is 160. The predicted octanol–water partition coefficient (Wildman–Crippen LogP) is 6.39. The standard InChI is InChI=1S/2C29H33N7O7.C27H31N7O7/c2*1-3-30-29(39)34-24-20-25(32-15-31-24)36(16-33-20)27-23-21(41-19(42-23)13-12-17-9-6-5-7-10-17)22(43-27)26(37)35-14-8-11-18(35)28(38)40-4-2;1-3-28-27(37)32-21-17-22(30-13-29-21)34(14-31-17)24-20-18(40-26(41-20)15-9-6-5-7-10-15)19(39-24)23(35)33-12-8-11-16(33)25(36)38-4-2/h2*5-7,9-10,12-13,15-16,18-19,21-23,27H,3-4,8,11,14H2,1-2H3,(H2,30,31,32,34,39);5-7,9-10,13-14,16,18-20,24,26H,3-4,8,11-12H2,1-2H3,(H2,28,29,30,32,37)/b2*13-12+;/t18-,19+,21?,22?,23?,27?;18-,19-,21?,22?,23?,27?;16-,18?,19?,20?,24?,26+/m101/s1. The first-order valence-corrected chi connectivity index (χ1v) is 42.5. The molecule has 0 radical (unpaired) electrons. The SMILES string of the molecule is CCNC(=O)Nc1ncnc2c1ncn2C1OC(C(=O)N2CCC[C@@H]2C(=O)OCC)C2O[C@H](/C=C/c3ccccc3)OC21.CCNC(=O)Nc1ncnc2c1ncn2C1OC(C(=O)N2CCC[C@@H]2C(=O)OCC)C2O[C@H](c3ccccc3)OC21.CCNC(=O)Nc1ncnc2c1ncn2C1OC(C(=O)N2CCC[C@H]2C(=O)OCC)C2O[C@H](/C=C/c3ccccc3)OC21. The van der Waals surface area contributed by atoms with Gasteiger partial charge in [0.25, 0.3) is 17.7 Å². The van der Waals surface area contributed by atoms with Gasteiger partial charge in [-0.1, -0.05) is 103 Å². The Morgan fingerprint density at radius 1 is 0.378 bits per heavy atom. The highest BCUT2D eigenvalue weighted by atomic mass is 16.8. The molecule has 18 rings (SSSR count). The number of benzene rings is 3. The second-order valence-electron chi connectivity index (χ2n) is 30.4. The minimum atomic E-state index is -1.06. The number of carbonyl (C=O) groups excluding carboxylic acids is 9. The third-order valence-corrected chi connectivity index (χ3v) is 22.5. The van der Waals surface area contributed by atoms with Crippen molar-refractivity contribution in [2.24, 2.45) is 0 Å². The van der Waals surface area contributed by atoms with Crippen molar-refractivity contribution in [3.8, 4) is 0 Å². The largest absolute Gasteiger partial charge is 0.464 e. The van der Waals surface area contributed by atoms with Crippen molar-refractivity contribution in [1.82, 2.24) is 89.2 Å². The molecule has 15 heterocycles. The zero-order chi connectivity index (χ0) is 88.4. The van der Waals surface area contributed by atoms with Crippen molar-refractivity contribution in [3.63, 3.8) is 0 Å². The fraction of sp³-hybridized carbons (Fsp3) is 0.459. The van der Waals surface area contributed by atoms with E-state index < -0.39 is 147 Å². The first kappa shape index (κ1) is 87.5. The molecule has 6 aromatic heterocycles. The average Bonchev–Trinajstić information content (AvgIpc) is 1.59. The number of fused-ring (bicyclic) bond motifs is 6. The van der Waals surface area contributed by atoms with E-state index >= 15 is 0 Å². The molecule has 0 bridgehead atoms. The normalized spacial score (nSPS) is 26.8. The van der Waals surface area contributed by atoms with E-state index in [1.807, 2.05) is 103 Å². The van der Waals surface area contributed by atoms with Gasteiger partial charge in [0.15, 0.2) is 107 Å². The van der Waals surface area contributed by atoms with E-state index in [0.29, 0.717) is 111 Å². The van der Waals surface area contributed by atoms with Gasteiger partial charge in [-0.25, -0.2) is 73.6 Å². The smallest absolute Gasteiger partial charge is 0.328 e. The number of amides is 9. The zero-order valence-electron chi connectivity index (χ0n) is 70.2. The van der Waals surface area contributed by atoms with Crippen LogP contribution in [0.3, 0.4) is 0 Å². The van der Waals surface area contributed by atoms with Crippen LogP contribution < -0.4 is 31.9 Å². The first-order chi connectivity index (χ1) is 62.0. The Kier molecular flexibility index (Phi) is 27.4. The van der Waals surface area contributed by atoms with Crippen LogP contribution in [-0.2, 0) is 85.6 Å². The summed E-state index contributed by atoms with van der Waals surface area (Å²) in [5.41, 5.74) is 4.86. The monoisotopic (exact) mass is 1750 g/mol. The van der Waals surface area contributed by atoms with Crippen molar-refractivity contribution in [3.05, 3.63) is 158 Å². The Hall–Kier alpha value is -12.9. The molecule has 18 atom stereocenters. The second kappa shape index (κ2) is 39.7. The van der Waals surface area contributed by atoms with Crippen LogP contribution in [0.25, 0.3) is 45.6 Å². The van der Waals surface area contributed by atoms with E-state index in [4.69, 9.17) is 56.8 Å². The zero-order valence-corrected chi connectivity index (χ0v) is 70.2. The van der Waals surface area contributed by atoms with Crippen molar-refractivity contribution in [2.45, 2.75) is 191 Å². The minimum absolute atomic E-state index is 0.221. The van der Waals surface area contributed by atoms with Crippen LogP contribution >= 0.6 is 0 Å². The summed E-state index contributed by atoms with van der Waals surface area (Å²) in [5.74, 6) is -1.75. The van der Waals surface area contributed by atoms with Crippen LogP contribution in [0.5, 0.6) is 0 Å². The van der Waals surface area contributed by atoms with Gasteiger partial charge in [-0.05, 0) is 103 Å². The Labute approximate surface area is 726 Å². The molecule has 42 heteroatoms. The van der Waals surface area contributed by atoms with Crippen LogP contribution in [0.15, 0.2) is 141 Å². The van der Waals surface area contributed by atoms with Crippen molar-refractivity contribution in [1.29, 1.82) is 0 Å². The van der Waals surface area contributed by atoms with Crippen LogP contribution in [-0.4, -0.2) is 272 Å². The molecular weight excluding hydrogens is 1650 g/mol. The lowest BCUT2D eigenvalue weighted by Crippen LogP contribution is -2.49. The number of carbonyl (C=O) groups is 9. The van der Waals surface area contributed by atoms with E-state index in [-0.39, 0.29) is 55.0 Å². The number of hydrogen-bond donors (Lipinski definition) is 6. The Morgan fingerprint density at radius 3 is 1.02 bits per heavy atom. The van der Waals surface area contributed by atoms with Gasteiger partial charge in [-0.2, -0.15) is 0 Å². The Balaban J connectivity index is 0.000000140. The van der Waals surface area contributed by atoms with Crippen molar-refractivity contribution in [2.75, 3.05) is 75.0 Å². The third kappa shape index (κ3) is 18.6. The molecule has 0 spiro atoms. The number of nitrogens with zero attached hydrogens (tertiary/aromatic N) is 15. The number of hydrogen-bond acceptors (Lipinski definition) is 30. The molecule has 3 aromatic carbocycles. The average molecular weight is 1750 g/mol. The van der Waals surface area contributed by atoms with E-state index in [1.54, 1.807) is 67.4 Å². The van der Waals surface area contributed by atoms with Gasteiger partial charge in [-0.3, -0.25) is 44.0 Å². The lowest BCUT2D eigenvalue weighted by molar-refractivity contribution is -0.172.